The molecular weight excluding hydrogens is 323 g/mol. The van der Waals surface area contributed by atoms with Crippen molar-refractivity contribution in [1.29, 1.82) is 0 Å². The predicted molar refractivity (Wildman–Crippen MR) is 99.4 cm³/mol. The van der Waals surface area contributed by atoms with Crippen molar-refractivity contribution in [1.82, 2.24) is 10.2 Å². The third-order valence-corrected chi connectivity index (χ3v) is 5.56. The van der Waals surface area contributed by atoms with Gasteiger partial charge in [0.2, 0.25) is 0 Å². The van der Waals surface area contributed by atoms with Crippen molar-refractivity contribution in [3.05, 3.63) is 22.4 Å². The third kappa shape index (κ3) is 5.72. The monoisotopic (exact) mass is 352 g/mol. The molecule has 0 saturated heterocycles. The van der Waals surface area contributed by atoms with E-state index in [-0.39, 0.29) is 30.4 Å². The van der Waals surface area contributed by atoms with Crippen molar-refractivity contribution >= 4 is 36.2 Å². The van der Waals surface area contributed by atoms with E-state index in [0.29, 0.717) is 0 Å². The van der Waals surface area contributed by atoms with Crippen LogP contribution in [0.4, 0.5) is 0 Å². The van der Waals surface area contributed by atoms with Crippen molar-refractivity contribution < 1.29 is 0 Å². The van der Waals surface area contributed by atoms with Crippen molar-refractivity contribution in [2.75, 3.05) is 26.2 Å². The maximum absolute atomic E-state index is 3.91. The average molecular weight is 353 g/mol. The Balaban J connectivity index is 0.00000200. The lowest BCUT2D eigenvalue weighted by Crippen LogP contribution is -2.46. The molecule has 1 heterocycles. The zero-order chi connectivity index (χ0) is 13.6. The van der Waals surface area contributed by atoms with Crippen LogP contribution in [0.25, 0.3) is 0 Å². The molecular formula is C16H30Cl2N2S. The molecule has 0 amide bonds. The first-order valence-corrected chi connectivity index (χ1v) is 8.70. The number of nitrogens with zero attached hydrogens (tertiary/aromatic N) is 1. The van der Waals surface area contributed by atoms with Gasteiger partial charge in [0, 0.05) is 18.0 Å². The van der Waals surface area contributed by atoms with E-state index in [1.54, 1.807) is 4.88 Å². The van der Waals surface area contributed by atoms with Crippen LogP contribution in [-0.2, 0) is 5.54 Å². The van der Waals surface area contributed by atoms with Crippen molar-refractivity contribution in [2.24, 2.45) is 0 Å². The molecule has 0 spiro atoms. The molecule has 2 rings (SSSR count). The average Bonchev–Trinajstić information content (AvgIpc) is 2.99. The molecule has 0 aromatic carbocycles. The van der Waals surface area contributed by atoms with E-state index in [0.717, 1.165) is 19.6 Å². The van der Waals surface area contributed by atoms with Crippen LogP contribution >= 0.6 is 36.2 Å². The third-order valence-electron chi connectivity index (χ3n) is 4.49. The number of thiophene rings is 1. The number of hydrogen-bond donors (Lipinski definition) is 1. The molecule has 1 aromatic rings. The first kappa shape index (κ1) is 21.2. The number of nitrogens with one attached hydrogen (secondary N) is 1. The lowest BCUT2D eigenvalue weighted by atomic mass is 9.80. The van der Waals surface area contributed by atoms with E-state index < -0.39 is 0 Å². The topological polar surface area (TPSA) is 15.3 Å². The zero-order valence-electron chi connectivity index (χ0n) is 13.3. The second-order valence-corrected chi connectivity index (χ2v) is 6.52. The Morgan fingerprint density at radius 1 is 1.14 bits per heavy atom. The smallest absolute Gasteiger partial charge is 0.0529 e. The summed E-state index contributed by atoms with van der Waals surface area (Å²) in [5.74, 6) is 0. The fourth-order valence-electron chi connectivity index (χ4n) is 3.21. The fraction of sp³-hybridized carbons (Fsp3) is 0.750. The summed E-state index contributed by atoms with van der Waals surface area (Å²) >= 11 is 1.92. The van der Waals surface area contributed by atoms with E-state index >= 15 is 0 Å². The Bertz CT molecular complexity index is 347. The molecule has 5 heteroatoms. The molecule has 0 aliphatic heterocycles. The van der Waals surface area contributed by atoms with Gasteiger partial charge in [-0.05, 0) is 37.4 Å². The Kier molecular flexibility index (Phi) is 11.0. The van der Waals surface area contributed by atoms with Crippen LogP contribution in [0.2, 0.25) is 0 Å². The molecule has 0 bridgehead atoms. The van der Waals surface area contributed by atoms with Crippen molar-refractivity contribution in [3.8, 4) is 0 Å². The van der Waals surface area contributed by atoms with Crippen LogP contribution in [-0.4, -0.2) is 31.1 Å². The van der Waals surface area contributed by atoms with Crippen molar-refractivity contribution in [2.45, 2.75) is 51.5 Å². The lowest BCUT2D eigenvalue weighted by Gasteiger charge is -2.38. The van der Waals surface area contributed by atoms with Crippen molar-refractivity contribution in [3.63, 3.8) is 0 Å². The summed E-state index contributed by atoms with van der Waals surface area (Å²) in [5.41, 5.74) is 0.277. The van der Waals surface area contributed by atoms with E-state index in [4.69, 9.17) is 0 Å². The van der Waals surface area contributed by atoms with Gasteiger partial charge in [-0.25, -0.2) is 0 Å². The lowest BCUT2D eigenvalue weighted by molar-refractivity contribution is 0.217. The summed E-state index contributed by atoms with van der Waals surface area (Å²) in [5, 5.41) is 6.13. The summed E-state index contributed by atoms with van der Waals surface area (Å²) < 4.78 is 0. The number of halogens is 2. The van der Waals surface area contributed by atoms with Gasteiger partial charge in [0.25, 0.3) is 0 Å². The Morgan fingerprint density at radius 3 is 2.33 bits per heavy atom. The van der Waals surface area contributed by atoms with E-state index in [2.05, 4.69) is 41.6 Å². The van der Waals surface area contributed by atoms with Gasteiger partial charge in [0.05, 0.1) is 5.54 Å². The molecule has 0 atom stereocenters. The number of rotatable bonds is 7. The summed E-state index contributed by atoms with van der Waals surface area (Å²) in [6.07, 6.45) is 6.77. The minimum atomic E-state index is 0. The predicted octanol–water partition coefficient (Wildman–Crippen LogP) is 4.68. The molecule has 0 radical (unpaired) electrons. The van der Waals surface area contributed by atoms with Gasteiger partial charge in [0.15, 0.2) is 0 Å². The van der Waals surface area contributed by atoms with Gasteiger partial charge in [0.1, 0.15) is 0 Å². The van der Waals surface area contributed by atoms with Gasteiger partial charge in [-0.2, -0.15) is 0 Å². The highest BCUT2D eigenvalue weighted by atomic mass is 35.5. The maximum atomic E-state index is 3.91. The molecule has 1 aromatic heterocycles. The number of likely N-dealkylation sites (N-methyl/N-ethyl adjacent to an activating group) is 1. The maximum Gasteiger partial charge on any atom is 0.0529 e. The molecule has 1 fully saturated rings. The molecule has 1 N–H and O–H groups in total. The van der Waals surface area contributed by atoms with Gasteiger partial charge in [-0.3, -0.25) is 0 Å². The molecule has 21 heavy (non-hydrogen) atoms. The van der Waals surface area contributed by atoms with Crippen LogP contribution in [0.1, 0.15) is 50.8 Å². The number of hydrogen-bond acceptors (Lipinski definition) is 3. The molecule has 0 unspecified atom stereocenters. The van der Waals surface area contributed by atoms with Gasteiger partial charge < -0.3 is 10.2 Å². The first-order valence-electron chi connectivity index (χ1n) is 7.82. The highest BCUT2D eigenvalue weighted by Crippen LogP contribution is 2.39. The quantitative estimate of drug-likeness (QED) is 0.765. The molecule has 2 nitrogen and oxygen atoms in total. The largest absolute Gasteiger partial charge is 0.305 e. The second kappa shape index (κ2) is 10.8. The molecule has 124 valence electrons. The fourth-order valence-corrected chi connectivity index (χ4v) is 4.17. The Morgan fingerprint density at radius 2 is 1.81 bits per heavy atom. The Hall–Kier alpha value is 0.200. The summed E-state index contributed by atoms with van der Waals surface area (Å²) in [6, 6.07) is 4.52. The van der Waals surface area contributed by atoms with E-state index in [1.807, 2.05) is 11.3 Å². The first-order chi connectivity index (χ1) is 9.30. The van der Waals surface area contributed by atoms with Gasteiger partial charge in [-0.1, -0.05) is 39.2 Å². The van der Waals surface area contributed by atoms with E-state index in [1.165, 1.54) is 38.6 Å². The zero-order valence-corrected chi connectivity index (χ0v) is 15.7. The van der Waals surface area contributed by atoms with Crippen LogP contribution in [0, 0.1) is 0 Å². The normalized spacial score (nSPS) is 17.1. The minimum absolute atomic E-state index is 0. The Labute approximate surface area is 146 Å². The highest BCUT2D eigenvalue weighted by Gasteiger charge is 2.33. The summed E-state index contributed by atoms with van der Waals surface area (Å²) in [4.78, 5) is 4.05. The van der Waals surface area contributed by atoms with Gasteiger partial charge >= 0.3 is 0 Å². The van der Waals surface area contributed by atoms with Crippen LogP contribution in [0.5, 0.6) is 0 Å². The minimum Gasteiger partial charge on any atom is -0.305 e. The summed E-state index contributed by atoms with van der Waals surface area (Å²) in [6.45, 7) is 9.09. The second-order valence-electron chi connectivity index (χ2n) is 5.57. The summed E-state index contributed by atoms with van der Waals surface area (Å²) in [7, 11) is 0. The van der Waals surface area contributed by atoms with E-state index in [9.17, 15) is 0 Å². The standard InChI is InChI=1S/C16H28N2S.2ClH/c1-3-18(4-2)13-12-17-16(10-6-5-7-11-16)15-9-8-14-19-15;;/h8-9,14,17H,3-7,10-13H2,1-2H3;2*1H. The SMILES string of the molecule is CCN(CC)CCNC1(c2cccs2)CCCCC1.Cl.Cl. The molecule has 1 saturated carbocycles. The highest BCUT2D eigenvalue weighted by molar-refractivity contribution is 7.10. The molecule has 1 aliphatic carbocycles. The van der Waals surface area contributed by atoms with Crippen LogP contribution in [0.3, 0.4) is 0 Å². The van der Waals surface area contributed by atoms with Crippen LogP contribution in [0.15, 0.2) is 17.5 Å². The van der Waals surface area contributed by atoms with Gasteiger partial charge in [-0.15, -0.1) is 36.2 Å². The molecule has 1 aliphatic rings. The van der Waals surface area contributed by atoms with Crippen LogP contribution < -0.4 is 5.32 Å².